The molecule has 0 spiro atoms. The van der Waals surface area contributed by atoms with Crippen LogP contribution < -0.4 is 9.80 Å². The van der Waals surface area contributed by atoms with Gasteiger partial charge in [-0.05, 0) is 166 Å². The van der Waals surface area contributed by atoms with Crippen molar-refractivity contribution in [3.63, 3.8) is 0 Å². The molecule has 0 radical (unpaired) electrons. The highest BCUT2D eigenvalue weighted by atomic mass is 16.3. The zero-order chi connectivity index (χ0) is 56.3. The number of benzene rings is 12. The van der Waals surface area contributed by atoms with Crippen LogP contribution in [0.15, 0.2) is 251 Å². The van der Waals surface area contributed by atoms with E-state index in [1.807, 2.05) is 0 Å². The first-order valence-corrected chi connectivity index (χ1v) is 30.9. The molecule has 85 heavy (non-hydrogen) atoms. The van der Waals surface area contributed by atoms with E-state index < -0.39 is 5.41 Å². The standard InChI is InChI=1S/C81H64N2O2/c1-51-23-17-33-57(47-51)82(71-45-21-43-67-65-41-19-39-59(53-25-9-10-26-53)77(65)84-79(67)71)73-49-69-75(63-37-15-13-35-61(63)73)76-64-38-16-14-36-62(64)74(50-70(76)81(69,55-29-5-3-6-30-55)56-31-7-4-8-32-56)83(58-34-18-24-52(2)48-58)72-46-22-44-68-66-42-20-40-60(54-27-11-12-28-54)78(66)85-80(68)72/h3-8,13-24,29-50,53-54H,9-12,25-28H2,1-2H3. The van der Waals surface area contributed by atoms with Crippen LogP contribution in [0.3, 0.4) is 0 Å². The second-order valence-corrected chi connectivity index (χ2v) is 24.5. The summed E-state index contributed by atoms with van der Waals surface area (Å²) in [6.07, 6.45) is 9.85. The first kappa shape index (κ1) is 49.9. The molecule has 14 aromatic rings. The molecule has 2 aromatic heterocycles. The number of nitrogens with zero attached hydrogens (tertiary/aromatic N) is 2. The monoisotopic (exact) mass is 1100 g/mol. The van der Waals surface area contributed by atoms with Gasteiger partial charge in [0.2, 0.25) is 0 Å². The first-order valence-electron chi connectivity index (χ1n) is 30.9. The van der Waals surface area contributed by atoms with Crippen LogP contribution in [0.2, 0.25) is 0 Å². The summed E-state index contributed by atoms with van der Waals surface area (Å²) in [5.41, 5.74) is 21.8. The molecule has 0 N–H and O–H groups in total. The van der Waals surface area contributed by atoms with Crippen molar-refractivity contribution in [2.45, 2.75) is 82.5 Å². The average molecular weight is 1100 g/mol. The van der Waals surface area contributed by atoms with Gasteiger partial charge in [0, 0.05) is 43.7 Å². The second-order valence-electron chi connectivity index (χ2n) is 24.5. The quantitative estimate of drug-likeness (QED) is 0.137. The van der Waals surface area contributed by atoms with Crippen molar-refractivity contribution >= 4 is 99.5 Å². The molecule has 0 aliphatic heterocycles. The molecule has 2 heterocycles. The van der Waals surface area contributed by atoms with Gasteiger partial charge in [-0.2, -0.15) is 0 Å². The molecule has 0 bridgehead atoms. The number of rotatable bonds is 10. The van der Waals surface area contributed by atoms with Crippen molar-refractivity contribution in [3.05, 3.63) is 287 Å². The van der Waals surface area contributed by atoms with E-state index in [4.69, 9.17) is 8.83 Å². The maximum absolute atomic E-state index is 7.40. The molecule has 4 nitrogen and oxygen atoms in total. The van der Waals surface area contributed by atoms with Crippen molar-refractivity contribution in [1.29, 1.82) is 0 Å². The third-order valence-electron chi connectivity index (χ3n) is 19.7. The molecule has 4 heteroatoms. The highest BCUT2D eigenvalue weighted by Gasteiger charge is 2.49. The smallest absolute Gasteiger partial charge is 0.159 e. The number of furan rings is 2. The lowest BCUT2D eigenvalue weighted by atomic mass is 9.67. The van der Waals surface area contributed by atoms with E-state index in [0.717, 1.165) is 78.0 Å². The average Bonchev–Trinajstić information content (AvgIpc) is 1.76. The van der Waals surface area contributed by atoms with Crippen LogP contribution in [0.5, 0.6) is 0 Å². The van der Waals surface area contributed by atoms with Crippen molar-refractivity contribution in [2.24, 2.45) is 0 Å². The molecule has 2 saturated carbocycles. The van der Waals surface area contributed by atoms with Gasteiger partial charge in [-0.15, -0.1) is 0 Å². The SMILES string of the molecule is Cc1cccc(N(c2cc3c(c4ccccc24)-c2c(cc(N(c4cccc(C)c4)c4cccc5c4oc4c(C6CCCC6)cccc45)c4ccccc24)C3(c2ccccc2)c2ccccc2)c2cccc3c2oc2c(C4CCCC4)cccc23)c1. The zero-order valence-electron chi connectivity index (χ0n) is 48.1. The maximum Gasteiger partial charge on any atom is 0.159 e. The van der Waals surface area contributed by atoms with Crippen LogP contribution in [0, 0.1) is 13.8 Å². The summed E-state index contributed by atoms with van der Waals surface area (Å²) < 4.78 is 14.8. The fourth-order valence-electron chi connectivity index (χ4n) is 16.0. The Bertz CT molecular complexity index is 4640. The fraction of sp³-hybridized carbons (Fsp3) is 0.160. The topological polar surface area (TPSA) is 32.8 Å². The van der Waals surface area contributed by atoms with Gasteiger partial charge < -0.3 is 18.6 Å². The third kappa shape index (κ3) is 7.60. The van der Waals surface area contributed by atoms with E-state index in [-0.39, 0.29) is 0 Å². The third-order valence-corrected chi connectivity index (χ3v) is 19.7. The molecule has 410 valence electrons. The lowest BCUT2D eigenvalue weighted by Crippen LogP contribution is -2.29. The Balaban J connectivity index is 0.988. The van der Waals surface area contributed by atoms with Crippen LogP contribution >= 0.6 is 0 Å². The molecule has 3 aliphatic rings. The Morgan fingerprint density at radius 2 is 0.671 bits per heavy atom. The van der Waals surface area contributed by atoms with E-state index in [1.165, 1.54) is 129 Å². The lowest BCUT2D eigenvalue weighted by Gasteiger charge is -2.36. The van der Waals surface area contributed by atoms with E-state index in [9.17, 15) is 0 Å². The van der Waals surface area contributed by atoms with E-state index in [0.29, 0.717) is 11.8 Å². The molecule has 3 aliphatic carbocycles. The maximum atomic E-state index is 7.40. The Morgan fingerprint density at radius 3 is 1.08 bits per heavy atom. The zero-order valence-corrected chi connectivity index (χ0v) is 48.1. The fourth-order valence-corrected chi connectivity index (χ4v) is 16.0. The number of fused-ring (bicyclic) bond motifs is 13. The Hall–Kier alpha value is -9.64. The number of hydrogen-bond acceptors (Lipinski definition) is 4. The minimum absolute atomic E-state index is 0.501. The van der Waals surface area contributed by atoms with Crippen molar-refractivity contribution in [2.75, 3.05) is 9.80 Å². The first-order chi connectivity index (χ1) is 42.0. The van der Waals surface area contributed by atoms with Gasteiger partial charge in [0.25, 0.3) is 0 Å². The van der Waals surface area contributed by atoms with Crippen LogP contribution in [0.4, 0.5) is 34.1 Å². The number of anilines is 6. The van der Waals surface area contributed by atoms with Crippen molar-refractivity contribution in [3.8, 4) is 11.1 Å². The van der Waals surface area contributed by atoms with E-state index in [1.54, 1.807) is 0 Å². The van der Waals surface area contributed by atoms with Gasteiger partial charge in [-0.25, -0.2) is 0 Å². The Labute approximate surface area is 496 Å². The summed E-state index contributed by atoms with van der Waals surface area (Å²) in [5.74, 6) is 1.00. The minimum Gasteiger partial charge on any atom is -0.454 e. The summed E-state index contributed by atoms with van der Waals surface area (Å²) in [4.78, 5) is 5.02. The molecule has 0 saturated heterocycles. The van der Waals surface area contributed by atoms with Crippen molar-refractivity contribution < 1.29 is 8.83 Å². The highest BCUT2D eigenvalue weighted by Crippen LogP contribution is 2.63. The van der Waals surface area contributed by atoms with Gasteiger partial charge in [0.1, 0.15) is 11.2 Å². The summed E-state index contributed by atoms with van der Waals surface area (Å²) >= 11 is 0. The molecule has 0 amide bonds. The number of aryl methyl sites for hydroxylation is 2. The minimum atomic E-state index is -0.815. The van der Waals surface area contributed by atoms with Crippen LogP contribution in [-0.4, -0.2) is 0 Å². The molecule has 2 fully saturated rings. The molecular formula is C81H64N2O2. The molecule has 0 unspecified atom stereocenters. The van der Waals surface area contributed by atoms with Gasteiger partial charge >= 0.3 is 0 Å². The van der Waals surface area contributed by atoms with E-state index >= 15 is 0 Å². The van der Waals surface area contributed by atoms with Crippen LogP contribution in [0.25, 0.3) is 76.5 Å². The highest BCUT2D eigenvalue weighted by molar-refractivity contribution is 6.20. The molecule has 0 atom stereocenters. The summed E-state index contributed by atoms with van der Waals surface area (Å²) in [7, 11) is 0. The van der Waals surface area contributed by atoms with Gasteiger partial charge in [0.05, 0.1) is 28.2 Å². The second kappa shape index (κ2) is 19.7. The largest absolute Gasteiger partial charge is 0.454 e. The Morgan fingerprint density at radius 1 is 0.318 bits per heavy atom. The van der Waals surface area contributed by atoms with Crippen molar-refractivity contribution in [1.82, 2.24) is 0 Å². The van der Waals surface area contributed by atoms with Gasteiger partial charge in [-0.1, -0.05) is 220 Å². The predicted octanol–water partition coefficient (Wildman–Crippen LogP) is 23.0. The van der Waals surface area contributed by atoms with Crippen LogP contribution in [0.1, 0.15) is 108 Å². The van der Waals surface area contributed by atoms with Gasteiger partial charge in [0.15, 0.2) is 11.2 Å². The number of hydrogen-bond donors (Lipinski definition) is 0. The summed E-state index contributed by atoms with van der Waals surface area (Å²) in [6.45, 7) is 4.41. The van der Waals surface area contributed by atoms with E-state index in [2.05, 4.69) is 266 Å². The normalized spacial score (nSPS) is 15.0. The molecule has 17 rings (SSSR count). The summed E-state index contributed by atoms with van der Waals surface area (Å²) in [5, 5.41) is 9.34. The van der Waals surface area contributed by atoms with Gasteiger partial charge in [-0.3, -0.25) is 0 Å². The predicted molar refractivity (Wildman–Crippen MR) is 355 cm³/mol. The molecular weight excluding hydrogens is 1030 g/mol. The lowest BCUT2D eigenvalue weighted by molar-refractivity contribution is 0.643. The Kier molecular flexibility index (Phi) is 11.6. The molecule has 12 aromatic carbocycles. The summed E-state index contributed by atoms with van der Waals surface area (Å²) in [6, 6.07) is 91.4. The van der Waals surface area contributed by atoms with Crippen LogP contribution in [-0.2, 0) is 5.41 Å². The number of para-hydroxylation sites is 4.